The second-order valence-electron chi connectivity index (χ2n) is 6.78. The van der Waals surface area contributed by atoms with Gasteiger partial charge in [-0.05, 0) is 65.2 Å². The lowest BCUT2D eigenvalue weighted by atomic mass is 10.0. The summed E-state index contributed by atoms with van der Waals surface area (Å²) in [6, 6.07) is 10.3. The molecule has 0 aliphatic carbocycles. The number of esters is 1. The summed E-state index contributed by atoms with van der Waals surface area (Å²) in [6.45, 7) is 0.536. The third kappa shape index (κ3) is 4.70. The van der Waals surface area contributed by atoms with Crippen LogP contribution in [0.2, 0.25) is 0 Å². The number of hydrogen-bond acceptors (Lipinski definition) is 6. The topological polar surface area (TPSA) is 74.3 Å². The predicted molar refractivity (Wildman–Crippen MR) is 114 cm³/mol. The van der Waals surface area contributed by atoms with Gasteiger partial charge in [0, 0.05) is 12.1 Å². The van der Waals surface area contributed by atoms with Crippen molar-refractivity contribution in [2.45, 2.75) is 18.9 Å². The van der Waals surface area contributed by atoms with E-state index in [1.54, 1.807) is 32.4 Å². The van der Waals surface area contributed by atoms with Crippen LogP contribution in [0.5, 0.6) is 17.2 Å². The normalized spacial score (nSPS) is 15.6. The molecule has 1 fully saturated rings. The molecule has 1 atom stereocenters. The van der Waals surface area contributed by atoms with E-state index in [-0.39, 0.29) is 18.6 Å². The molecule has 0 spiro atoms. The molecule has 2 aromatic carbocycles. The molecule has 1 heterocycles. The van der Waals surface area contributed by atoms with Crippen LogP contribution in [-0.4, -0.2) is 51.3 Å². The molecule has 30 heavy (non-hydrogen) atoms. The molecule has 3 rings (SSSR count). The summed E-state index contributed by atoms with van der Waals surface area (Å²) in [5.74, 6) is 1.36. The van der Waals surface area contributed by atoms with E-state index in [2.05, 4.69) is 15.9 Å². The summed E-state index contributed by atoms with van der Waals surface area (Å²) >= 11 is 3.37. The van der Waals surface area contributed by atoms with Crippen molar-refractivity contribution in [3.63, 3.8) is 0 Å². The lowest BCUT2D eigenvalue weighted by Gasteiger charge is -2.26. The molecule has 0 radical (unpaired) electrons. The first-order chi connectivity index (χ1) is 14.5. The van der Waals surface area contributed by atoms with E-state index in [1.807, 2.05) is 23.1 Å². The molecule has 1 amide bonds. The third-order valence-corrected chi connectivity index (χ3v) is 5.69. The average Bonchev–Trinajstić information content (AvgIpc) is 3.26. The number of halogens is 1. The zero-order valence-corrected chi connectivity index (χ0v) is 18.7. The molecule has 1 aliphatic heterocycles. The Morgan fingerprint density at radius 3 is 2.50 bits per heavy atom. The highest BCUT2D eigenvalue weighted by molar-refractivity contribution is 9.10. The average molecular weight is 478 g/mol. The SMILES string of the molecule is COC(=O)c1ccc(OCC(=O)N2CCCC2c2cc(OC)ccc2OC)c(Br)c1. The van der Waals surface area contributed by atoms with Crippen LogP contribution in [0.3, 0.4) is 0 Å². The monoisotopic (exact) mass is 477 g/mol. The number of amides is 1. The van der Waals surface area contributed by atoms with Crippen molar-refractivity contribution in [3.05, 3.63) is 52.0 Å². The maximum Gasteiger partial charge on any atom is 0.337 e. The fraction of sp³-hybridized carbons (Fsp3) is 0.364. The van der Waals surface area contributed by atoms with Gasteiger partial charge < -0.3 is 23.8 Å². The Bertz CT molecular complexity index is 932. The van der Waals surface area contributed by atoms with Gasteiger partial charge in [-0.2, -0.15) is 0 Å². The van der Waals surface area contributed by atoms with Crippen LogP contribution in [0.25, 0.3) is 0 Å². The van der Waals surface area contributed by atoms with E-state index in [9.17, 15) is 9.59 Å². The number of carbonyl (C=O) groups excluding carboxylic acids is 2. The lowest BCUT2D eigenvalue weighted by molar-refractivity contribution is -0.134. The van der Waals surface area contributed by atoms with E-state index in [1.165, 1.54) is 7.11 Å². The molecular weight excluding hydrogens is 454 g/mol. The van der Waals surface area contributed by atoms with Crippen molar-refractivity contribution in [3.8, 4) is 17.2 Å². The Balaban J connectivity index is 1.72. The molecule has 0 bridgehead atoms. The summed E-state index contributed by atoms with van der Waals surface area (Å²) in [4.78, 5) is 26.4. The fourth-order valence-electron chi connectivity index (χ4n) is 3.57. The summed E-state index contributed by atoms with van der Waals surface area (Å²) in [6.07, 6.45) is 1.74. The van der Waals surface area contributed by atoms with E-state index in [4.69, 9.17) is 18.9 Å². The van der Waals surface area contributed by atoms with E-state index in [0.29, 0.717) is 22.3 Å². The summed E-state index contributed by atoms with van der Waals surface area (Å²) < 4.78 is 21.8. The summed E-state index contributed by atoms with van der Waals surface area (Å²) in [5, 5.41) is 0. The first kappa shape index (κ1) is 22.0. The zero-order chi connectivity index (χ0) is 21.7. The van der Waals surface area contributed by atoms with Crippen molar-refractivity contribution in [1.29, 1.82) is 0 Å². The molecule has 1 unspecified atom stereocenters. The Labute approximate surface area is 184 Å². The van der Waals surface area contributed by atoms with E-state index < -0.39 is 5.97 Å². The molecule has 0 N–H and O–H groups in total. The Morgan fingerprint density at radius 2 is 1.83 bits per heavy atom. The van der Waals surface area contributed by atoms with Crippen LogP contribution >= 0.6 is 15.9 Å². The molecule has 0 saturated carbocycles. The number of carbonyl (C=O) groups is 2. The fourth-order valence-corrected chi connectivity index (χ4v) is 4.07. The van der Waals surface area contributed by atoms with Crippen LogP contribution in [0.1, 0.15) is 34.8 Å². The highest BCUT2D eigenvalue weighted by Gasteiger charge is 2.32. The highest BCUT2D eigenvalue weighted by Crippen LogP contribution is 2.39. The number of hydrogen-bond donors (Lipinski definition) is 0. The second kappa shape index (κ2) is 9.84. The van der Waals surface area contributed by atoms with E-state index in [0.717, 1.165) is 29.9 Å². The molecule has 160 valence electrons. The van der Waals surface area contributed by atoms with Gasteiger partial charge in [-0.3, -0.25) is 4.79 Å². The molecule has 1 aliphatic rings. The summed E-state index contributed by atoms with van der Waals surface area (Å²) in [5.41, 5.74) is 1.32. The molecule has 2 aromatic rings. The summed E-state index contributed by atoms with van der Waals surface area (Å²) in [7, 11) is 4.55. The first-order valence-electron chi connectivity index (χ1n) is 9.50. The van der Waals surface area contributed by atoms with Crippen molar-refractivity contribution < 1.29 is 28.5 Å². The third-order valence-electron chi connectivity index (χ3n) is 5.07. The predicted octanol–water partition coefficient (Wildman–Crippen LogP) is 4.00. The number of rotatable bonds is 7. The number of ether oxygens (including phenoxy) is 4. The maximum absolute atomic E-state index is 12.9. The van der Waals surface area contributed by atoms with Crippen LogP contribution in [0.4, 0.5) is 0 Å². The largest absolute Gasteiger partial charge is 0.497 e. The quantitative estimate of drug-likeness (QED) is 0.561. The molecular formula is C22H24BrNO6. The van der Waals surface area contributed by atoms with Crippen LogP contribution in [0.15, 0.2) is 40.9 Å². The van der Waals surface area contributed by atoms with Crippen molar-refractivity contribution in [2.75, 3.05) is 34.5 Å². The van der Waals surface area contributed by atoms with Crippen molar-refractivity contribution in [2.24, 2.45) is 0 Å². The van der Waals surface area contributed by atoms with Gasteiger partial charge in [0.2, 0.25) is 0 Å². The van der Waals surface area contributed by atoms with Gasteiger partial charge >= 0.3 is 5.97 Å². The maximum atomic E-state index is 12.9. The van der Waals surface area contributed by atoms with Gasteiger partial charge in [0.05, 0.1) is 37.4 Å². The molecule has 8 heteroatoms. The van der Waals surface area contributed by atoms with Gasteiger partial charge in [0.1, 0.15) is 17.2 Å². The minimum atomic E-state index is -0.439. The Hall–Kier alpha value is -2.74. The van der Waals surface area contributed by atoms with Gasteiger partial charge in [-0.1, -0.05) is 0 Å². The van der Waals surface area contributed by atoms with Crippen LogP contribution < -0.4 is 14.2 Å². The Morgan fingerprint density at radius 1 is 1.07 bits per heavy atom. The first-order valence-corrected chi connectivity index (χ1v) is 10.3. The zero-order valence-electron chi connectivity index (χ0n) is 17.1. The minimum Gasteiger partial charge on any atom is -0.497 e. The number of likely N-dealkylation sites (tertiary alicyclic amines) is 1. The molecule has 7 nitrogen and oxygen atoms in total. The second-order valence-corrected chi connectivity index (χ2v) is 7.63. The molecule has 1 saturated heterocycles. The van der Waals surface area contributed by atoms with Crippen molar-refractivity contribution in [1.82, 2.24) is 4.90 Å². The van der Waals surface area contributed by atoms with Crippen molar-refractivity contribution >= 4 is 27.8 Å². The van der Waals surface area contributed by atoms with Gasteiger partial charge in [0.25, 0.3) is 5.91 Å². The lowest BCUT2D eigenvalue weighted by Crippen LogP contribution is -2.34. The van der Waals surface area contributed by atoms with Gasteiger partial charge in [-0.25, -0.2) is 4.79 Å². The smallest absolute Gasteiger partial charge is 0.337 e. The Kier molecular flexibility index (Phi) is 7.20. The van der Waals surface area contributed by atoms with Gasteiger partial charge in [0.15, 0.2) is 6.61 Å². The number of benzene rings is 2. The number of methoxy groups -OCH3 is 3. The minimum absolute atomic E-state index is 0.101. The standard InChI is InChI=1S/C22H24BrNO6/c1-27-15-7-9-19(28-2)16(12-15)18-5-4-10-24(18)21(25)13-30-20-8-6-14(11-17(20)23)22(26)29-3/h6-9,11-12,18H,4-5,10,13H2,1-3H3. The van der Waals surface area contributed by atoms with Crippen LogP contribution in [0, 0.1) is 0 Å². The van der Waals surface area contributed by atoms with Crippen LogP contribution in [-0.2, 0) is 9.53 Å². The van der Waals surface area contributed by atoms with E-state index >= 15 is 0 Å². The molecule has 0 aromatic heterocycles. The number of nitrogens with zero attached hydrogens (tertiary/aromatic N) is 1. The van der Waals surface area contributed by atoms with Gasteiger partial charge in [-0.15, -0.1) is 0 Å². The highest BCUT2D eigenvalue weighted by atomic mass is 79.9.